The van der Waals surface area contributed by atoms with Gasteiger partial charge in [0, 0.05) is 16.8 Å². The Labute approximate surface area is 56.4 Å². The van der Waals surface area contributed by atoms with Crippen LogP contribution in [0.2, 0.25) is 0 Å². The van der Waals surface area contributed by atoms with Crippen molar-refractivity contribution < 1.29 is 18.2 Å². The number of halogens is 1. The first kappa shape index (κ1) is 6.85. The van der Waals surface area contributed by atoms with E-state index in [0.29, 0.717) is 0 Å². The van der Waals surface area contributed by atoms with Crippen LogP contribution in [0.4, 0.5) is 0 Å². The van der Waals surface area contributed by atoms with Crippen molar-refractivity contribution in [3.8, 4) is 0 Å². The van der Waals surface area contributed by atoms with Crippen LogP contribution in [0.25, 0.3) is 0 Å². The van der Waals surface area contributed by atoms with Gasteiger partial charge in [0.2, 0.25) is 0 Å². The van der Waals surface area contributed by atoms with E-state index >= 15 is 0 Å². The van der Waals surface area contributed by atoms with Crippen molar-refractivity contribution in [3.63, 3.8) is 0 Å². The maximum absolute atomic E-state index is 10.3. The molecule has 0 aromatic rings. The fraction of sp³-hybridized carbons (Fsp3) is 0.333. The van der Waals surface area contributed by atoms with E-state index in [2.05, 4.69) is 9.78 Å². The lowest BCUT2D eigenvalue weighted by Crippen LogP contribution is -1.93. The van der Waals surface area contributed by atoms with Crippen LogP contribution in [0.1, 0.15) is 0 Å². The Hall–Kier alpha value is -0.260. The molecule has 0 fully saturated rings. The summed E-state index contributed by atoms with van der Waals surface area (Å²) in [5, 5.41) is -0.329. The van der Waals surface area contributed by atoms with Gasteiger partial charge in [0.05, 0.1) is 0 Å². The molecule has 1 rings (SSSR count). The largest absolute Gasteiger partial charge is 0.324 e. The van der Waals surface area contributed by atoms with Gasteiger partial charge in [-0.15, -0.1) is 0 Å². The average molecular weight is 171 g/mol. The van der Waals surface area contributed by atoms with E-state index in [9.17, 15) is 8.42 Å². The summed E-state index contributed by atoms with van der Waals surface area (Å²) in [6.07, 6.45) is 1.24. The SMILES string of the molecule is O=S(=O)(Cl)C1=CCOO1. The molecular formula is C3H3ClO4S. The summed E-state index contributed by atoms with van der Waals surface area (Å²) < 4.78 is 20.7. The van der Waals surface area contributed by atoms with Gasteiger partial charge in [-0.25, -0.2) is 8.42 Å². The molecule has 0 saturated carbocycles. The highest BCUT2D eigenvalue weighted by molar-refractivity contribution is 8.16. The fourth-order valence-electron chi connectivity index (χ4n) is 0.368. The summed E-state index contributed by atoms with van der Waals surface area (Å²) in [6, 6.07) is 0. The van der Waals surface area contributed by atoms with Crippen molar-refractivity contribution in [1.29, 1.82) is 0 Å². The number of rotatable bonds is 1. The van der Waals surface area contributed by atoms with E-state index in [-0.39, 0.29) is 11.7 Å². The van der Waals surface area contributed by atoms with Crippen molar-refractivity contribution >= 4 is 19.7 Å². The van der Waals surface area contributed by atoms with E-state index in [0.717, 1.165) is 0 Å². The van der Waals surface area contributed by atoms with Crippen LogP contribution < -0.4 is 0 Å². The lowest BCUT2D eigenvalue weighted by Gasteiger charge is -1.92. The molecular weight excluding hydrogens is 168 g/mol. The highest BCUT2D eigenvalue weighted by atomic mass is 35.7. The van der Waals surface area contributed by atoms with Crippen LogP contribution in [0.3, 0.4) is 0 Å². The second kappa shape index (κ2) is 2.17. The molecule has 0 radical (unpaired) electrons. The minimum Gasteiger partial charge on any atom is -0.324 e. The molecule has 9 heavy (non-hydrogen) atoms. The Balaban J connectivity index is 2.87. The van der Waals surface area contributed by atoms with Gasteiger partial charge in [-0.1, -0.05) is 0 Å². The Morgan fingerprint density at radius 3 is 2.56 bits per heavy atom. The Morgan fingerprint density at radius 1 is 1.67 bits per heavy atom. The van der Waals surface area contributed by atoms with E-state index in [1.165, 1.54) is 6.08 Å². The van der Waals surface area contributed by atoms with E-state index in [1.54, 1.807) is 0 Å². The molecule has 0 bridgehead atoms. The Morgan fingerprint density at radius 2 is 2.33 bits per heavy atom. The molecule has 0 unspecified atom stereocenters. The first-order valence-electron chi connectivity index (χ1n) is 2.05. The maximum Gasteiger partial charge on any atom is 0.297 e. The third-order valence-corrected chi connectivity index (χ3v) is 1.87. The van der Waals surface area contributed by atoms with Gasteiger partial charge in [0.15, 0.2) is 0 Å². The molecule has 0 aromatic heterocycles. The lowest BCUT2D eigenvalue weighted by atomic mass is 10.7. The molecule has 0 N–H and O–H groups in total. The molecule has 6 heteroatoms. The molecule has 52 valence electrons. The standard InChI is InChI=1S/C3H3ClO4S/c4-9(5,6)3-1-2-7-8-3/h1H,2H2. The minimum absolute atomic E-state index is 0.126. The summed E-state index contributed by atoms with van der Waals surface area (Å²) in [6.45, 7) is 0.126. The van der Waals surface area contributed by atoms with Crippen molar-refractivity contribution in [3.05, 3.63) is 11.2 Å². The predicted octanol–water partition coefficient (Wildman–Crippen LogP) is 0.358. The zero-order chi connectivity index (χ0) is 6.91. The van der Waals surface area contributed by atoms with Crippen LogP contribution >= 0.6 is 10.7 Å². The van der Waals surface area contributed by atoms with Crippen LogP contribution in [-0.2, 0) is 18.8 Å². The van der Waals surface area contributed by atoms with Crippen LogP contribution in [0, 0.1) is 0 Å². The Bertz CT molecular complexity index is 228. The molecule has 0 atom stereocenters. The van der Waals surface area contributed by atoms with Crippen molar-refractivity contribution in [2.45, 2.75) is 0 Å². The van der Waals surface area contributed by atoms with Crippen molar-refractivity contribution in [2.24, 2.45) is 0 Å². The van der Waals surface area contributed by atoms with Gasteiger partial charge in [0.1, 0.15) is 6.61 Å². The van der Waals surface area contributed by atoms with Gasteiger partial charge < -0.3 is 4.89 Å². The van der Waals surface area contributed by atoms with Crippen molar-refractivity contribution in [2.75, 3.05) is 6.61 Å². The number of hydrogen-bond donors (Lipinski definition) is 0. The van der Waals surface area contributed by atoms with Gasteiger partial charge in [-0.05, 0) is 0 Å². The molecule has 0 aromatic carbocycles. The van der Waals surface area contributed by atoms with Crippen LogP contribution in [-0.4, -0.2) is 15.0 Å². The normalized spacial score (nSPS) is 19.0. The molecule has 1 aliphatic rings. The summed E-state index contributed by atoms with van der Waals surface area (Å²) >= 11 is 0. The molecule has 0 aliphatic carbocycles. The monoisotopic (exact) mass is 170 g/mol. The second-order valence-electron chi connectivity index (χ2n) is 1.33. The first-order valence-corrected chi connectivity index (χ1v) is 4.36. The Kier molecular flexibility index (Phi) is 1.65. The predicted molar refractivity (Wildman–Crippen MR) is 29.9 cm³/mol. The lowest BCUT2D eigenvalue weighted by molar-refractivity contribution is -0.226. The average Bonchev–Trinajstić information content (AvgIpc) is 2.08. The van der Waals surface area contributed by atoms with E-state index in [4.69, 9.17) is 10.7 Å². The topological polar surface area (TPSA) is 52.6 Å². The fourth-order valence-corrected chi connectivity index (χ4v) is 1.03. The van der Waals surface area contributed by atoms with Gasteiger partial charge in [0.25, 0.3) is 14.1 Å². The molecule has 0 amide bonds. The van der Waals surface area contributed by atoms with Gasteiger partial charge in [-0.3, -0.25) is 0 Å². The summed E-state index contributed by atoms with van der Waals surface area (Å²) in [7, 11) is 1.12. The van der Waals surface area contributed by atoms with Gasteiger partial charge in [-0.2, -0.15) is 4.89 Å². The zero-order valence-corrected chi connectivity index (χ0v) is 5.78. The van der Waals surface area contributed by atoms with E-state index < -0.39 is 9.05 Å². The molecule has 0 spiro atoms. The van der Waals surface area contributed by atoms with E-state index in [1.807, 2.05) is 0 Å². The quantitative estimate of drug-likeness (QED) is 0.421. The molecule has 0 saturated heterocycles. The molecule has 4 nitrogen and oxygen atoms in total. The third-order valence-electron chi connectivity index (χ3n) is 0.699. The van der Waals surface area contributed by atoms with Crippen molar-refractivity contribution in [1.82, 2.24) is 0 Å². The van der Waals surface area contributed by atoms with Crippen LogP contribution in [0.5, 0.6) is 0 Å². The highest BCUT2D eigenvalue weighted by Crippen LogP contribution is 2.17. The first-order chi connectivity index (χ1) is 4.11. The minimum atomic E-state index is -3.72. The summed E-state index contributed by atoms with van der Waals surface area (Å²) in [5.41, 5.74) is 0. The maximum atomic E-state index is 10.3. The summed E-state index contributed by atoms with van der Waals surface area (Å²) in [4.78, 5) is 8.39. The highest BCUT2D eigenvalue weighted by Gasteiger charge is 2.20. The summed E-state index contributed by atoms with van der Waals surface area (Å²) in [5.74, 6) is 0. The van der Waals surface area contributed by atoms with Gasteiger partial charge >= 0.3 is 0 Å². The third kappa shape index (κ3) is 1.57. The molecule has 1 heterocycles. The molecule has 1 aliphatic heterocycles. The second-order valence-corrected chi connectivity index (χ2v) is 3.83. The zero-order valence-electron chi connectivity index (χ0n) is 4.20. The smallest absolute Gasteiger partial charge is 0.297 e. The van der Waals surface area contributed by atoms with Crippen LogP contribution in [0.15, 0.2) is 11.2 Å². The number of hydrogen-bond acceptors (Lipinski definition) is 4.